The maximum absolute atomic E-state index is 11.9. The van der Waals surface area contributed by atoms with Crippen molar-refractivity contribution in [1.82, 2.24) is 4.72 Å². The van der Waals surface area contributed by atoms with Crippen LogP contribution in [0, 0.1) is 0 Å². The summed E-state index contributed by atoms with van der Waals surface area (Å²) in [6.45, 7) is 0.235. The minimum atomic E-state index is -3.57. The van der Waals surface area contributed by atoms with Gasteiger partial charge in [0.15, 0.2) is 9.84 Å². The van der Waals surface area contributed by atoms with Crippen molar-refractivity contribution in [1.29, 1.82) is 0 Å². The van der Waals surface area contributed by atoms with Crippen molar-refractivity contribution in [2.24, 2.45) is 0 Å². The lowest BCUT2D eigenvalue weighted by Crippen LogP contribution is -2.26. The van der Waals surface area contributed by atoms with Crippen molar-refractivity contribution in [2.45, 2.75) is 23.0 Å². The van der Waals surface area contributed by atoms with E-state index in [0.717, 1.165) is 0 Å². The second-order valence-electron chi connectivity index (χ2n) is 4.72. The van der Waals surface area contributed by atoms with Gasteiger partial charge in [-0.2, -0.15) is 0 Å². The van der Waals surface area contributed by atoms with Crippen LogP contribution in [-0.4, -0.2) is 41.4 Å². The van der Waals surface area contributed by atoms with Gasteiger partial charge in [-0.05, 0) is 32.0 Å². The van der Waals surface area contributed by atoms with E-state index in [1.54, 1.807) is 18.2 Å². The molecule has 0 radical (unpaired) electrons. The maximum Gasteiger partial charge on any atom is 0.242 e. The molecule has 0 spiro atoms. The van der Waals surface area contributed by atoms with E-state index in [-0.39, 0.29) is 17.2 Å². The molecule has 0 amide bonds. The highest BCUT2D eigenvalue weighted by Crippen LogP contribution is 2.23. The highest BCUT2D eigenvalue weighted by molar-refractivity contribution is 7.92. The predicted octanol–water partition coefficient (Wildman–Crippen LogP) is 0.584. The SMILES string of the molecule is CNS(=O)(=O)c1ccccc1NCC1CCCS1(=O)=O. The first-order valence-corrected chi connectivity index (χ1v) is 9.55. The summed E-state index contributed by atoms with van der Waals surface area (Å²) < 4.78 is 49.5. The molecule has 6 nitrogen and oxygen atoms in total. The summed E-state index contributed by atoms with van der Waals surface area (Å²) in [5.74, 6) is 0.218. The summed E-state index contributed by atoms with van der Waals surface area (Å²) in [6, 6.07) is 6.45. The molecule has 1 saturated heterocycles. The third-order valence-electron chi connectivity index (χ3n) is 3.43. The van der Waals surface area contributed by atoms with Crippen molar-refractivity contribution in [3.63, 3.8) is 0 Å². The highest BCUT2D eigenvalue weighted by atomic mass is 32.2. The van der Waals surface area contributed by atoms with E-state index in [1.165, 1.54) is 13.1 Å². The van der Waals surface area contributed by atoms with Gasteiger partial charge in [-0.15, -0.1) is 0 Å². The molecule has 1 atom stereocenters. The number of hydrogen-bond donors (Lipinski definition) is 2. The quantitative estimate of drug-likeness (QED) is 0.828. The lowest BCUT2D eigenvalue weighted by Gasteiger charge is -2.15. The number of para-hydroxylation sites is 1. The zero-order valence-corrected chi connectivity index (χ0v) is 12.8. The largest absolute Gasteiger partial charge is 0.383 e. The molecule has 0 bridgehead atoms. The normalized spacial score (nSPS) is 21.8. The summed E-state index contributed by atoms with van der Waals surface area (Å²) in [7, 11) is -5.26. The smallest absolute Gasteiger partial charge is 0.242 e. The van der Waals surface area contributed by atoms with Gasteiger partial charge in [0.25, 0.3) is 0 Å². The van der Waals surface area contributed by atoms with Crippen molar-refractivity contribution >= 4 is 25.5 Å². The van der Waals surface area contributed by atoms with Gasteiger partial charge in [0.1, 0.15) is 4.90 Å². The molecule has 2 rings (SSSR count). The highest BCUT2D eigenvalue weighted by Gasteiger charge is 2.31. The monoisotopic (exact) mass is 318 g/mol. The molecule has 2 N–H and O–H groups in total. The van der Waals surface area contributed by atoms with Crippen molar-refractivity contribution in [3.8, 4) is 0 Å². The number of sulfonamides is 1. The van der Waals surface area contributed by atoms with Gasteiger partial charge in [-0.25, -0.2) is 21.6 Å². The summed E-state index contributed by atoms with van der Waals surface area (Å²) in [5, 5.41) is 2.52. The summed E-state index contributed by atoms with van der Waals surface area (Å²) in [6.07, 6.45) is 1.29. The molecule has 1 aromatic carbocycles. The first kappa shape index (κ1) is 15.3. The van der Waals surface area contributed by atoms with Crippen LogP contribution in [-0.2, 0) is 19.9 Å². The number of benzene rings is 1. The van der Waals surface area contributed by atoms with Crippen LogP contribution in [0.4, 0.5) is 5.69 Å². The van der Waals surface area contributed by atoms with Gasteiger partial charge in [-0.3, -0.25) is 0 Å². The zero-order valence-electron chi connectivity index (χ0n) is 11.2. The van der Waals surface area contributed by atoms with Crippen molar-refractivity contribution in [3.05, 3.63) is 24.3 Å². The van der Waals surface area contributed by atoms with Crippen LogP contribution < -0.4 is 10.0 Å². The Morgan fingerprint density at radius 1 is 1.30 bits per heavy atom. The molecular weight excluding hydrogens is 300 g/mol. The van der Waals surface area contributed by atoms with Crippen LogP contribution in [0.3, 0.4) is 0 Å². The first-order chi connectivity index (χ1) is 9.37. The van der Waals surface area contributed by atoms with E-state index in [2.05, 4.69) is 10.0 Å². The Labute approximate surface area is 119 Å². The molecule has 1 heterocycles. The zero-order chi connectivity index (χ0) is 14.8. The lowest BCUT2D eigenvalue weighted by atomic mass is 10.2. The fourth-order valence-electron chi connectivity index (χ4n) is 2.27. The van der Waals surface area contributed by atoms with Crippen molar-refractivity contribution in [2.75, 3.05) is 24.7 Å². The molecule has 1 aliphatic heterocycles. The Morgan fingerprint density at radius 3 is 2.60 bits per heavy atom. The average molecular weight is 318 g/mol. The molecule has 0 aromatic heterocycles. The summed E-state index contributed by atoms with van der Waals surface area (Å²) in [4.78, 5) is 0.123. The molecule has 0 saturated carbocycles. The number of rotatable bonds is 5. The van der Waals surface area contributed by atoms with Gasteiger partial charge in [-0.1, -0.05) is 12.1 Å². The molecule has 0 aliphatic carbocycles. The van der Waals surface area contributed by atoms with Crippen molar-refractivity contribution < 1.29 is 16.8 Å². The molecule has 1 aliphatic rings. The Balaban J connectivity index is 2.19. The van der Waals surface area contributed by atoms with Crippen LogP contribution in [0.5, 0.6) is 0 Å². The van der Waals surface area contributed by atoms with E-state index < -0.39 is 25.1 Å². The van der Waals surface area contributed by atoms with Gasteiger partial charge < -0.3 is 5.32 Å². The molecule has 8 heteroatoms. The summed E-state index contributed by atoms with van der Waals surface area (Å²) >= 11 is 0. The standard InChI is InChI=1S/C12H18N2O4S2/c1-13-20(17,18)12-7-3-2-6-11(12)14-9-10-5-4-8-19(10,15)16/h2-3,6-7,10,13-14H,4-5,8-9H2,1H3. The second kappa shape index (κ2) is 5.71. The van der Waals surface area contributed by atoms with Gasteiger partial charge in [0.05, 0.1) is 16.7 Å². The first-order valence-electron chi connectivity index (χ1n) is 6.35. The number of hydrogen-bond acceptors (Lipinski definition) is 5. The topological polar surface area (TPSA) is 92.3 Å². The van der Waals surface area contributed by atoms with Crippen LogP contribution in [0.2, 0.25) is 0 Å². The molecule has 1 unspecified atom stereocenters. The molecule has 1 aromatic rings. The molecule has 1 fully saturated rings. The molecule has 112 valence electrons. The Kier molecular flexibility index (Phi) is 4.36. The van der Waals surface area contributed by atoms with Gasteiger partial charge in [0, 0.05) is 6.54 Å². The van der Waals surface area contributed by atoms with E-state index in [4.69, 9.17) is 0 Å². The number of nitrogens with one attached hydrogen (secondary N) is 2. The van der Waals surface area contributed by atoms with E-state index >= 15 is 0 Å². The van der Waals surface area contributed by atoms with E-state index in [0.29, 0.717) is 18.5 Å². The Hall–Kier alpha value is -1.12. The van der Waals surface area contributed by atoms with Crippen LogP contribution in [0.1, 0.15) is 12.8 Å². The fraction of sp³-hybridized carbons (Fsp3) is 0.500. The number of anilines is 1. The average Bonchev–Trinajstić information content (AvgIpc) is 2.75. The third kappa shape index (κ3) is 3.13. The van der Waals surface area contributed by atoms with Gasteiger partial charge >= 0.3 is 0 Å². The predicted molar refractivity (Wildman–Crippen MR) is 78.0 cm³/mol. The van der Waals surface area contributed by atoms with Gasteiger partial charge in [0.2, 0.25) is 10.0 Å². The van der Waals surface area contributed by atoms with E-state index in [1.807, 2.05) is 0 Å². The third-order valence-corrected chi connectivity index (χ3v) is 7.18. The number of sulfone groups is 1. The van der Waals surface area contributed by atoms with E-state index in [9.17, 15) is 16.8 Å². The Bertz CT molecular complexity index is 683. The minimum Gasteiger partial charge on any atom is -0.383 e. The maximum atomic E-state index is 11.9. The minimum absolute atomic E-state index is 0.123. The Morgan fingerprint density at radius 2 is 2.00 bits per heavy atom. The molecular formula is C12H18N2O4S2. The van der Waals surface area contributed by atoms with Crippen LogP contribution >= 0.6 is 0 Å². The second-order valence-corrected chi connectivity index (χ2v) is 8.97. The summed E-state index contributed by atoms with van der Waals surface area (Å²) in [5.41, 5.74) is 0.420. The lowest BCUT2D eigenvalue weighted by molar-refractivity contribution is 0.588. The van der Waals surface area contributed by atoms with Crippen LogP contribution in [0.15, 0.2) is 29.2 Å². The fourth-order valence-corrected chi connectivity index (χ4v) is 4.94. The van der Waals surface area contributed by atoms with Crippen LogP contribution in [0.25, 0.3) is 0 Å². The molecule has 20 heavy (non-hydrogen) atoms.